The molecule has 1 heterocycles. The van der Waals surface area contributed by atoms with Crippen molar-refractivity contribution in [2.45, 2.75) is 6.42 Å². The molecule has 1 aromatic heterocycles. The van der Waals surface area contributed by atoms with E-state index in [1.54, 1.807) is 6.20 Å². The number of sulfonamides is 1. The summed E-state index contributed by atoms with van der Waals surface area (Å²) in [6.07, 6.45) is 2.26. The van der Waals surface area contributed by atoms with Crippen molar-refractivity contribution in [2.75, 3.05) is 12.3 Å². The molecule has 1 rings (SSSR count). The Labute approximate surface area is 97.8 Å². The maximum Gasteiger partial charge on any atom is 0.218 e. The second-order valence-electron chi connectivity index (χ2n) is 2.80. The molecule has 0 spiro atoms. The third-order valence-electron chi connectivity index (χ3n) is 1.48. The zero-order valence-electron chi connectivity index (χ0n) is 7.84. The lowest BCUT2D eigenvalue weighted by atomic mass is 10.5. The molecule has 0 aliphatic heterocycles. The maximum absolute atomic E-state index is 11.3. The standard InChI is InChI=1S/C7H11N3O2S3/c8-6(13)5-15(11,12)10-2-1-7-9-3-4-14-7/h3-4,10H,1-2,5H2,(H2,8,13). The van der Waals surface area contributed by atoms with Crippen molar-refractivity contribution >= 4 is 38.6 Å². The summed E-state index contributed by atoms with van der Waals surface area (Å²) in [5.74, 6) is -0.305. The molecule has 0 saturated heterocycles. The van der Waals surface area contributed by atoms with Crippen LogP contribution in [0.2, 0.25) is 0 Å². The number of aromatic nitrogens is 1. The first-order valence-electron chi connectivity index (χ1n) is 4.13. The van der Waals surface area contributed by atoms with Crippen molar-refractivity contribution < 1.29 is 8.42 Å². The number of hydrogen-bond acceptors (Lipinski definition) is 5. The molecule has 0 aromatic carbocycles. The number of nitrogens with zero attached hydrogens (tertiary/aromatic N) is 1. The molecule has 15 heavy (non-hydrogen) atoms. The average Bonchev–Trinajstić information content (AvgIpc) is 2.53. The monoisotopic (exact) mass is 265 g/mol. The Bertz CT molecular complexity index is 413. The van der Waals surface area contributed by atoms with Crippen LogP contribution in [0.5, 0.6) is 0 Å². The van der Waals surface area contributed by atoms with Crippen LogP contribution in [0.3, 0.4) is 0 Å². The first kappa shape index (κ1) is 12.5. The van der Waals surface area contributed by atoms with Gasteiger partial charge < -0.3 is 5.73 Å². The van der Waals surface area contributed by atoms with E-state index in [1.807, 2.05) is 5.38 Å². The third-order valence-corrected chi connectivity index (χ3v) is 3.98. The summed E-state index contributed by atoms with van der Waals surface area (Å²) >= 11 is 6.01. The van der Waals surface area contributed by atoms with Crippen molar-refractivity contribution in [1.82, 2.24) is 9.71 Å². The fourth-order valence-corrected chi connectivity index (χ4v) is 2.90. The Balaban J connectivity index is 2.34. The van der Waals surface area contributed by atoms with Crippen molar-refractivity contribution in [3.8, 4) is 0 Å². The largest absolute Gasteiger partial charge is 0.392 e. The molecule has 0 saturated carbocycles. The summed E-state index contributed by atoms with van der Waals surface area (Å²) in [6, 6.07) is 0. The second kappa shape index (κ2) is 5.50. The van der Waals surface area contributed by atoms with Gasteiger partial charge in [0.15, 0.2) is 0 Å². The van der Waals surface area contributed by atoms with Crippen LogP contribution in [0.4, 0.5) is 0 Å². The van der Waals surface area contributed by atoms with Crippen molar-refractivity contribution in [3.63, 3.8) is 0 Å². The van der Waals surface area contributed by atoms with Gasteiger partial charge in [-0.1, -0.05) is 12.2 Å². The van der Waals surface area contributed by atoms with Gasteiger partial charge in [0, 0.05) is 24.5 Å². The normalized spacial score (nSPS) is 11.5. The number of rotatable bonds is 6. The lowest BCUT2D eigenvalue weighted by Crippen LogP contribution is -2.33. The van der Waals surface area contributed by atoms with Crippen molar-refractivity contribution in [2.24, 2.45) is 5.73 Å². The van der Waals surface area contributed by atoms with Crippen molar-refractivity contribution in [1.29, 1.82) is 0 Å². The van der Waals surface area contributed by atoms with E-state index in [0.717, 1.165) is 5.01 Å². The highest BCUT2D eigenvalue weighted by Crippen LogP contribution is 2.03. The summed E-state index contributed by atoms with van der Waals surface area (Å²) in [4.78, 5) is 4.00. The van der Waals surface area contributed by atoms with E-state index in [4.69, 9.17) is 5.73 Å². The van der Waals surface area contributed by atoms with Crippen LogP contribution >= 0.6 is 23.6 Å². The van der Waals surface area contributed by atoms with Crippen LogP contribution in [-0.2, 0) is 16.4 Å². The van der Waals surface area contributed by atoms with Gasteiger partial charge in [-0.3, -0.25) is 0 Å². The number of nitrogens with two attached hydrogens (primary N) is 1. The highest BCUT2D eigenvalue weighted by molar-refractivity contribution is 7.92. The first-order chi connectivity index (χ1) is 6.99. The minimum atomic E-state index is -3.37. The van der Waals surface area contributed by atoms with E-state index in [9.17, 15) is 8.42 Å². The van der Waals surface area contributed by atoms with Crippen LogP contribution in [0, 0.1) is 0 Å². The molecule has 0 atom stereocenters. The fraction of sp³-hybridized carbons (Fsp3) is 0.429. The van der Waals surface area contributed by atoms with Crippen LogP contribution in [0.15, 0.2) is 11.6 Å². The van der Waals surface area contributed by atoms with Crippen molar-refractivity contribution in [3.05, 3.63) is 16.6 Å². The molecule has 0 bridgehead atoms. The third kappa shape index (κ3) is 5.17. The van der Waals surface area contributed by atoms with Gasteiger partial charge in [-0.05, 0) is 0 Å². The van der Waals surface area contributed by atoms with E-state index >= 15 is 0 Å². The number of thiazole rings is 1. The molecule has 8 heteroatoms. The van der Waals surface area contributed by atoms with Crippen LogP contribution in [0.1, 0.15) is 5.01 Å². The lowest BCUT2D eigenvalue weighted by molar-refractivity contribution is 0.585. The van der Waals surface area contributed by atoms with Crippen LogP contribution in [-0.4, -0.2) is 30.7 Å². The van der Waals surface area contributed by atoms with Crippen LogP contribution in [0.25, 0.3) is 0 Å². The second-order valence-corrected chi connectivity index (χ2v) is 6.11. The smallest absolute Gasteiger partial charge is 0.218 e. The summed E-state index contributed by atoms with van der Waals surface area (Å²) in [5, 5.41) is 2.74. The Morgan fingerprint density at radius 3 is 2.93 bits per heavy atom. The first-order valence-corrected chi connectivity index (χ1v) is 7.07. The van der Waals surface area contributed by atoms with Gasteiger partial charge in [-0.25, -0.2) is 18.1 Å². The van der Waals surface area contributed by atoms with Gasteiger partial charge in [0.25, 0.3) is 0 Å². The number of nitrogens with one attached hydrogen (secondary N) is 1. The summed E-state index contributed by atoms with van der Waals surface area (Å²) in [6.45, 7) is 0.318. The van der Waals surface area contributed by atoms with Gasteiger partial charge in [0.2, 0.25) is 10.0 Å². The van der Waals surface area contributed by atoms with Gasteiger partial charge >= 0.3 is 0 Å². The van der Waals surface area contributed by atoms with Gasteiger partial charge in [0.05, 0.1) is 10.00 Å². The molecule has 1 aromatic rings. The zero-order valence-corrected chi connectivity index (χ0v) is 10.3. The molecule has 0 fully saturated rings. The van der Waals surface area contributed by atoms with Gasteiger partial charge in [-0.15, -0.1) is 11.3 Å². The zero-order chi connectivity index (χ0) is 11.3. The summed E-state index contributed by atoms with van der Waals surface area (Å²) in [5.41, 5.74) is 5.15. The number of hydrogen-bond donors (Lipinski definition) is 2. The predicted octanol–water partition coefficient (Wildman–Crippen LogP) is -0.109. The lowest BCUT2D eigenvalue weighted by Gasteiger charge is -2.03. The van der Waals surface area contributed by atoms with E-state index < -0.39 is 10.0 Å². The minimum Gasteiger partial charge on any atom is -0.392 e. The topological polar surface area (TPSA) is 85.1 Å². The predicted molar refractivity (Wildman–Crippen MR) is 64.4 cm³/mol. The van der Waals surface area contributed by atoms with E-state index in [-0.39, 0.29) is 10.7 Å². The Hall–Kier alpha value is -0.570. The van der Waals surface area contributed by atoms with E-state index in [0.29, 0.717) is 13.0 Å². The molecule has 84 valence electrons. The Morgan fingerprint density at radius 2 is 2.40 bits per heavy atom. The number of thiocarbonyl (C=S) groups is 1. The molecule has 0 aliphatic carbocycles. The quantitative estimate of drug-likeness (QED) is 0.701. The highest BCUT2D eigenvalue weighted by atomic mass is 32.2. The molecule has 0 radical (unpaired) electrons. The minimum absolute atomic E-state index is 0.0308. The van der Waals surface area contributed by atoms with E-state index in [1.165, 1.54) is 11.3 Å². The van der Waals surface area contributed by atoms with Gasteiger partial charge in [0.1, 0.15) is 5.75 Å². The summed E-state index contributed by atoms with van der Waals surface area (Å²) < 4.78 is 24.9. The fourth-order valence-electron chi connectivity index (χ4n) is 0.928. The summed E-state index contributed by atoms with van der Waals surface area (Å²) in [7, 11) is -3.37. The maximum atomic E-state index is 11.3. The Morgan fingerprint density at radius 1 is 1.67 bits per heavy atom. The van der Waals surface area contributed by atoms with E-state index in [2.05, 4.69) is 21.9 Å². The average molecular weight is 265 g/mol. The molecular formula is C7H11N3O2S3. The Kier molecular flexibility index (Phi) is 4.58. The highest BCUT2D eigenvalue weighted by Gasteiger charge is 2.10. The van der Waals surface area contributed by atoms with Gasteiger partial charge in [-0.2, -0.15) is 0 Å². The molecule has 0 unspecified atom stereocenters. The SMILES string of the molecule is NC(=S)CS(=O)(=O)NCCc1nccs1. The molecule has 0 amide bonds. The van der Waals surface area contributed by atoms with Crippen LogP contribution < -0.4 is 10.5 Å². The molecular weight excluding hydrogens is 254 g/mol. The molecule has 5 nitrogen and oxygen atoms in total. The molecule has 3 N–H and O–H groups in total. The molecule has 0 aliphatic rings.